The number of aromatic amines is 1. The van der Waals surface area contributed by atoms with Gasteiger partial charge in [0.05, 0.1) is 17.1 Å². The number of fused-ring (bicyclic) bond motifs is 1. The summed E-state index contributed by atoms with van der Waals surface area (Å²) in [6.07, 6.45) is 2.99. The fourth-order valence-electron chi connectivity index (χ4n) is 2.01. The number of benzene rings is 1. The van der Waals surface area contributed by atoms with Crippen molar-refractivity contribution in [3.05, 3.63) is 18.2 Å². The number of nitrogens with one attached hydrogen (secondary N) is 1. The standard InChI is InChI=1S/C13H14N4S/c14-6-5-13(3-4-13)8-18-12-16-10-2-1-9(15)7-11(10)17-12/h1-2,7H,3-5,8,15H2,(H,16,17). The zero-order valence-corrected chi connectivity index (χ0v) is 10.8. The first-order valence-electron chi connectivity index (χ1n) is 5.96. The van der Waals surface area contributed by atoms with Crippen LogP contribution in [0.5, 0.6) is 0 Å². The lowest BCUT2D eigenvalue weighted by Crippen LogP contribution is -2.02. The molecule has 0 spiro atoms. The van der Waals surface area contributed by atoms with Crippen LogP contribution in [0.2, 0.25) is 0 Å². The minimum absolute atomic E-state index is 0.247. The van der Waals surface area contributed by atoms with E-state index in [9.17, 15) is 0 Å². The van der Waals surface area contributed by atoms with Gasteiger partial charge in [0.2, 0.25) is 0 Å². The lowest BCUT2D eigenvalue weighted by Gasteiger charge is -2.07. The van der Waals surface area contributed by atoms with Crippen molar-refractivity contribution in [2.24, 2.45) is 5.41 Å². The third-order valence-corrected chi connectivity index (χ3v) is 4.63. The van der Waals surface area contributed by atoms with Crippen LogP contribution in [0.3, 0.4) is 0 Å². The lowest BCUT2D eigenvalue weighted by molar-refractivity contribution is 0.603. The summed E-state index contributed by atoms with van der Waals surface area (Å²) in [5.74, 6) is 0.968. The van der Waals surface area contributed by atoms with Gasteiger partial charge >= 0.3 is 0 Å². The van der Waals surface area contributed by atoms with Gasteiger partial charge < -0.3 is 10.7 Å². The van der Waals surface area contributed by atoms with E-state index in [4.69, 9.17) is 11.0 Å². The highest BCUT2D eigenvalue weighted by Crippen LogP contribution is 2.51. The summed E-state index contributed by atoms with van der Waals surface area (Å²) < 4.78 is 0. The number of H-pyrrole nitrogens is 1. The Morgan fingerprint density at radius 3 is 3.06 bits per heavy atom. The van der Waals surface area contributed by atoms with Crippen molar-refractivity contribution in [1.29, 1.82) is 5.26 Å². The number of aromatic nitrogens is 2. The molecule has 1 aromatic heterocycles. The molecule has 18 heavy (non-hydrogen) atoms. The van der Waals surface area contributed by atoms with Gasteiger partial charge in [-0.2, -0.15) is 5.26 Å². The molecule has 2 aromatic rings. The Balaban J connectivity index is 1.74. The van der Waals surface area contributed by atoms with Crippen LogP contribution in [0.15, 0.2) is 23.4 Å². The van der Waals surface area contributed by atoms with Gasteiger partial charge in [-0.05, 0) is 36.5 Å². The minimum Gasteiger partial charge on any atom is -0.399 e. The molecule has 3 rings (SSSR count). The molecule has 1 aromatic carbocycles. The number of hydrogen-bond donors (Lipinski definition) is 2. The second-order valence-corrected chi connectivity index (χ2v) is 5.91. The molecule has 0 saturated heterocycles. The Bertz CT molecular complexity index is 621. The molecule has 1 aliphatic carbocycles. The maximum Gasteiger partial charge on any atom is 0.166 e. The Hall–Kier alpha value is -1.67. The molecule has 0 amide bonds. The van der Waals surface area contributed by atoms with E-state index in [-0.39, 0.29) is 5.41 Å². The van der Waals surface area contributed by atoms with Crippen LogP contribution in [0.25, 0.3) is 11.0 Å². The Morgan fingerprint density at radius 1 is 1.50 bits per heavy atom. The third-order valence-electron chi connectivity index (χ3n) is 3.41. The molecule has 0 bridgehead atoms. The molecular weight excluding hydrogens is 244 g/mol. The average Bonchev–Trinajstić information content (AvgIpc) is 2.99. The van der Waals surface area contributed by atoms with Gasteiger partial charge in [-0.1, -0.05) is 11.8 Å². The molecule has 0 radical (unpaired) electrons. The zero-order valence-electron chi connectivity index (χ0n) is 9.94. The van der Waals surface area contributed by atoms with Gasteiger partial charge in [-0.15, -0.1) is 0 Å². The zero-order chi connectivity index (χ0) is 12.6. The van der Waals surface area contributed by atoms with Crippen LogP contribution in [0, 0.1) is 16.7 Å². The SMILES string of the molecule is N#CCC1(CSc2nc3ccc(N)cc3[nH]2)CC1. The fourth-order valence-corrected chi connectivity index (χ4v) is 3.19. The van der Waals surface area contributed by atoms with Gasteiger partial charge in [0.25, 0.3) is 0 Å². The van der Waals surface area contributed by atoms with E-state index in [0.717, 1.165) is 27.6 Å². The van der Waals surface area contributed by atoms with Crippen molar-refractivity contribution in [3.8, 4) is 6.07 Å². The smallest absolute Gasteiger partial charge is 0.166 e. The molecule has 4 nitrogen and oxygen atoms in total. The largest absolute Gasteiger partial charge is 0.399 e. The fraction of sp³-hybridized carbons (Fsp3) is 0.385. The Kier molecular flexibility index (Phi) is 2.67. The van der Waals surface area contributed by atoms with Crippen LogP contribution in [-0.4, -0.2) is 15.7 Å². The first kappa shape index (κ1) is 11.4. The number of hydrogen-bond acceptors (Lipinski definition) is 4. The second kappa shape index (κ2) is 4.21. The summed E-state index contributed by atoms with van der Waals surface area (Å²) >= 11 is 1.70. The molecule has 1 aliphatic rings. The van der Waals surface area contributed by atoms with Crippen LogP contribution < -0.4 is 5.73 Å². The first-order valence-corrected chi connectivity index (χ1v) is 6.94. The summed E-state index contributed by atoms with van der Waals surface area (Å²) in [5.41, 5.74) is 8.64. The highest BCUT2D eigenvalue weighted by molar-refractivity contribution is 7.99. The van der Waals surface area contributed by atoms with E-state index in [1.165, 1.54) is 12.8 Å². The highest BCUT2D eigenvalue weighted by Gasteiger charge is 2.42. The number of imidazole rings is 1. The van der Waals surface area contributed by atoms with Crippen molar-refractivity contribution in [2.45, 2.75) is 24.4 Å². The van der Waals surface area contributed by atoms with Crippen LogP contribution in [0.4, 0.5) is 5.69 Å². The molecule has 92 valence electrons. The predicted molar refractivity (Wildman–Crippen MR) is 73.1 cm³/mol. The lowest BCUT2D eigenvalue weighted by atomic mass is 10.1. The number of anilines is 1. The second-order valence-electron chi connectivity index (χ2n) is 4.94. The number of thioether (sulfide) groups is 1. The Labute approximate surface area is 110 Å². The van der Waals surface area contributed by atoms with Gasteiger partial charge in [-0.3, -0.25) is 0 Å². The number of nitrogen functional groups attached to an aromatic ring is 1. The maximum absolute atomic E-state index is 8.79. The quantitative estimate of drug-likeness (QED) is 0.653. The highest BCUT2D eigenvalue weighted by atomic mass is 32.2. The van der Waals surface area contributed by atoms with Crippen molar-refractivity contribution >= 4 is 28.5 Å². The first-order chi connectivity index (χ1) is 8.71. The van der Waals surface area contributed by atoms with Gasteiger partial charge in [0.1, 0.15) is 0 Å². The molecule has 0 aliphatic heterocycles. The predicted octanol–water partition coefficient (Wildman–Crippen LogP) is 2.93. The summed E-state index contributed by atoms with van der Waals surface area (Å²) in [4.78, 5) is 7.78. The monoisotopic (exact) mass is 258 g/mol. The minimum atomic E-state index is 0.247. The van der Waals surface area contributed by atoms with Crippen molar-refractivity contribution in [1.82, 2.24) is 9.97 Å². The molecule has 0 atom stereocenters. The molecule has 1 heterocycles. The number of nitriles is 1. The summed E-state index contributed by atoms with van der Waals surface area (Å²) in [6.45, 7) is 0. The maximum atomic E-state index is 8.79. The molecule has 1 saturated carbocycles. The summed E-state index contributed by atoms with van der Waals surface area (Å²) in [5, 5.41) is 9.70. The van der Waals surface area contributed by atoms with E-state index in [1.807, 2.05) is 18.2 Å². The van der Waals surface area contributed by atoms with E-state index >= 15 is 0 Å². The third kappa shape index (κ3) is 2.16. The number of nitrogens with zero attached hydrogens (tertiary/aromatic N) is 2. The van der Waals surface area contributed by atoms with Crippen molar-refractivity contribution in [3.63, 3.8) is 0 Å². The summed E-state index contributed by atoms with van der Waals surface area (Å²) in [6, 6.07) is 7.96. The summed E-state index contributed by atoms with van der Waals surface area (Å²) in [7, 11) is 0. The van der Waals surface area contributed by atoms with Crippen LogP contribution >= 0.6 is 11.8 Å². The Morgan fingerprint density at radius 2 is 2.33 bits per heavy atom. The number of nitrogens with two attached hydrogens (primary N) is 1. The van der Waals surface area contributed by atoms with Crippen LogP contribution in [0.1, 0.15) is 19.3 Å². The van der Waals surface area contributed by atoms with E-state index in [2.05, 4.69) is 16.0 Å². The average molecular weight is 258 g/mol. The molecule has 3 N–H and O–H groups in total. The van der Waals surface area contributed by atoms with Crippen LogP contribution in [-0.2, 0) is 0 Å². The molecular formula is C13H14N4S. The van der Waals surface area contributed by atoms with E-state index < -0.39 is 0 Å². The normalized spacial score (nSPS) is 16.6. The van der Waals surface area contributed by atoms with Crippen molar-refractivity contribution < 1.29 is 0 Å². The van der Waals surface area contributed by atoms with Crippen molar-refractivity contribution in [2.75, 3.05) is 11.5 Å². The van der Waals surface area contributed by atoms with E-state index in [1.54, 1.807) is 11.8 Å². The van der Waals surface area contributed by atoms with Gasteiger partial charge in [0, 0.05) is 17.9 Å². The molecule has 5 heteroatoms. The van der Waals surface area contributed by atoms with Gasteiger partial charge in [-0.25, -0.2) is 4.98 Å². The topological polar surface area (TPSA) is 78.5 Å². The molecule has 0 unspecified atom stereocenters. The number of rotatable bonds is 4. The van der Waals surface area contributed by atoms with E-state index in [0.29, 0.717) is 6.42 Å². The van der Waals surface area contributed by atoms with Gasteiger partial charge in [0.15, 0.2) is 5.16 Å². The molecule has 1 fully saturated rings.